The van der Waals surface area contributed by atoms with Crippen LogP contribution in [0.5, 0.6) is 0 Å². The lowest BCUT2D eigenvalue weighted by Crippen LogP contribution is -2.26. The van der Waals surface area contributed by atoms with Gasteiger partial charge in [0.2, 0.25) is 0 Å². The zero-order valence-corrected chi connectivity index (χ0v) is 17.9. The number of aromatic nitrogens is 1. The van der Waals surface area contributed by atoms with Gasteiger partial charge in [0.1, 0.15) is 24.6 Å². The second-order valence-electron chi connectivity index (χ2n) is 9.10. The van der Waals surface area contributed by atoms with E-state index in [1.165, 1.54) is 0 Å². The van der Waals surface area contributed by atoms with E-state index in [1.807, 2.05) is 16.7 Å². The monoisotopic (exact) mass is 362 g/mol. The van der Waals surface area contributed by atoms with Gasteiger partial charge in [0, 0.05) is 20.1 Å². The van der Waals surface area contributed by atoms with Crippen molar-refractivity contribution in [2.45, 2.75) is 78.7 Å². The van der Waals surface area contributed by atoms with E-state index >= 15 is 0 Å². The second kappa shape index (κ2) is 7.65. The fraction of sp³-hybridized carbons (Fsp3) is 0.750. The van der Waals surface area contributed by atoms with Gasteiger partial charge < -0.3 is 14.0 Å². The highest BCUT2D eigenvalue weighted by atomic mass is 28.3. The van der Waals surface area contributed by atoms with Crippen LogP contribution in [0.25, 0.3) is 0 Å². The molecule has 0 amide bonds. The summed E-state index contributed by atoms with van der Waals surface area (Å²) in [7, 11) is -1.11. The van der Waals surface area contributed by atoms with Crippen LogP contribution in [0.1, 0.15) is 51.6 Å². The van der Waals surface area contributed by atoms with Crippen LogP contribution in [0.3, 0.4) is 0 Å². The van der Waals surface area contributed by atoms with E-state index in [2.05, 4.69) is 53.4 Å². The molecule has 2 rings (SSSR count). The third kappa shape index (κ3) is 4.36. The fourth-order valence-corrected chi connectivity index (χ4v) is 4.33. The van der Waals surface area contributed by atoms with Gasteiger partial charge in [-0.15, -0.1) is 0 Å². The number of ether oxygens (including phenoxy) is 2. The molecule has 0 aliphatic carbocycles. The molecule has 3 atom stereocenters. The van der Waals surface area contributed by atoms with Gasteiger partial charge in [0.15, 0.2) is 0 Å². The van der Waals surface area contributed by atoms with Gasteiger partial charge in [-0.1, -0.05) is 47.3 Å². The summed E-state index contributed by atoms with van der Waals surface area (Å²) in [6.45, 7) is 17.2. The maximum Gasteiger partial charge on any atom is 0.123 e. The van der Waals surface area contributed by atoms with Gasteiger partial charge in [-0.3, -0.25) is 0 Å². The van der Waals surface area contributed by atoms with Crippen LogP contribution in [0, 0.1) is 22.7 Å². The number of nitrogens with zero attached hydrogens (tertiary/aromatic N) is 2. The Morgan fingerprint density at radius 3 is 2.52 bits per heavy atom. The summed E-state index contributed by atoms with van der Waals surface area (Å²) in [5, 5.41) is 9.48. The van der Waals surface area contributed by atoms with Crippen molar-refractivity contribution in [2.24, 2.45) is 11.3 Å². The molecule has 1 aromatic rings. The van der Waals surface area contributed by atoms with Crippen LogP contribution in [-0.4, -0.2) is 25.4 Å². The Labute approximate surface area is 154 Å². The SMILES string of the molecule is CC[C@H]1O[C@@H](c2ccc(C#N)n2COCC[Si](C)(C)C)C(C)(C)[C@@H]1C. The Balaban J connectivity index is 2.19. The number of hydrogen-bond acceptors (Lipinski definition) is 3. The predicted molar refractivity (Wildman–Crippen MR) is 104 cm³/mol. The summed E-state index contributed by atoms with van der Waals surface area (Å²) in [6.07, 6.45) is 1.27. The molecule has 0 aromatic carbocycles. The van der Waals surface area contributed by atoms with Gasteiger partial charge in [-0.05, 0) is 30.5 Å². The lowest BCUT2D eigenvalue weighted by Gasteiger charge is -2.30. The Morgan fingerprint density at radius 2 is 2.00 bits per heavy atom. The second-order valence-corrected chi connectivity index (χ2v) is 14.7. The van der Waals surface area contributed by atoms with Gasteiger partial charge in [-0.25, -0.2) is 0 Å². The normalized spacial score (nSPS) is 25.9. The molecule has 1 aliphatic heterocycles. The Kier molecular flexibility index (Phi) is 6.19. The molecule has 25 heavy (non-hydrogen) atoms. The average Bonchev–Trinajstić information content (AvgIpc) is 3.02. The third-order valence-corrected chi connectivity index (χ3v) is 7.44. The first kappa shape index (κ1) is 20.2. The summed E-state index contributed by atoms with van der Waals surface area (Å²) in [4.78, 5) is 0. The average molecular weight is 363 g/mol. The molecule has 0 N–H and O–H groups in total. The lowest BCUT2D eigenvalue weighted by molar-refractivity contribution is 0.00450. The summed E-state index contributed by atoms with van der Waals surface area (Å²) in [6, 6.07) is 7.36. The van der Waals surface area contributed by atoms with Crippen molar-refractivity contribution in [3.05, 3.63) is 23.5 Å². The maximum absolute atomic E-state index is 9.48. The summed E-state index contributed by atoms with van der Waals surface area (Å²) < 4.78 is 14.3. The zero-order valence-electron chi connectivity index (χ0n) is 16.9. The molecule has 140 valence electrons. The molecule has 0 bridgehead atoms. The molecule has 5 heteroatoms. The standard InChI is InChI=1S/C20H34N2O2Si/c1-8-18-15(2)20(3,4)19(24-18)17-10-9-16(13-21)22(17)14-23-11-12-25(5,6)7/h9-10,15,18-19H,8,11-12,14H2,1-7H3/t15-,18-,19+/m1/s1. The highest BCUT2D eigenvalue weighted by Crippen LogP contribution is 2.52. The van der Waals surface area contributed by atoms with E-state index in [4.69, 9.17) is 9.47 Å². The number of nitriles is 1. The van der Waals surface area contributed by atoms with E-state index in [0.29, 0.717) is 18.3 Å². The van der Waals surface area contributed by atoms with E-state index in [9.17, 15) is 5.26 Å². The molecular formula is C20H34N2O2Si. The number of hydrogen-bond donors (Lipinski definition) is 0. The minimum atomic E-state index is -1.11. The fourth-order valence-electron chi connectivity index (χ4n) is 3.57. The lowest BCUT2D eigenvalue weighted by atomic mass is 9.74. The molecule has 1 saturated heterocycles. The summed E-state index contributed by atoms with van der Waals surface area (Å²) >= 11 is 0. The van der Waals surface area contributed by atoms with Gasteiger partial charge in [-0.2, -0.15) is 5.26 Å². The van der Waals surface area contributed by atoms with Crippen molar-refractivity contribution < 1.29 is 9.47 Å². The molecule has 2 heterocycles. The first-order chi connectivity index (χ1) is 11.6. The van der Waals surface area contributed by atoms with Crippen molar-refractivity contribution in [3.63, 3.8) is 0 Å². The van der Waals surface area contributed by atoms with E-state index in [0.717, 1.165) is 24.8 Å². The quantitative estimate of drug-likeness (QED) is 0.496. The Bertz CT molecular complexity index is 625. The van der Waals surface area contributed by atoms with Crippen LogP contribution >= 0.6 is 0 Å². The van der Waals surface area contributed by atoms with E-state index in [-0.39, 0.29) is 17.6 Å². The van der Waals surface area contributed by atoms with Gasteiger partial charge in [0.05, 0.1) is 11.8 Å². The number of rotatable bonds is 7. The van der Waals surface area contributed by atoms with Crippen LogP contribution in [0.2, 0.25) is 25.7 Å². The Morgan fingerprint density at radius 1 is 1.32 bits per heavy atom. The molecule has 1 aliphatic rings. The predicted octanol–water partition coefficient (Wildman–Crippen LogP) is 5.18. The molecule has 0 radical (unpaired) electrons. The van der Waals surface area contributed by atoms with Crippen LogP contribution in [-0.2, 0) is 16.2 Å². The molecule has 4 nitrogen and oxygen atoms in total. The molecule has 1 fully saturated rings. The van der Waals surface area contributed by atoms with E-state index < -0.39 is 8.07 Å². The Hall–Kier alpha value is -1.09. The van der Waals surface area contributed by atoms with Gasteiger partial charge >= 0.3 is 0 Å². The third-order valence-electron chi connectivity index (χ3n) is 5.73. The van der Waals surface area contributed by atoms with Crippen molar-refractivity contribution >= 4 is 8.07 Å². The first-order valence-electron chi connectivity index (χ1n) is 9.44. The largest absolute Gasteiger partial charge is 0.368 e. The molecule has 1 aromatic heterocycles. The minimum absolute atomic E-state index is 0.00450. The molecule has 0 saturated carbocycles. The molecular weight excluding hydrogens is 328 g/mol. The highest BCUT2D eigenvalue weighted by molar-refractivity contribution is 6.76. The van der Waals surface area contributed by atoms with Crippen molar-refractivity contribution in [1.82, 2.24) is 4.57 Å². The summed E-state index contributed by atoms with van der Waals surface area (Å²) in [5.41, 5.74) is 1.74. The van der Waals surface area contributed by atoms with Crippen LogP contribution in [0.4, 0.5) is 0 Å². The minimum Gasteiger partial charge on any atom is -0.368 e. The highest BCUT2D eigenvalue weighted by Gasteiger charge is 2.48. The maximum atomic E-state index is 9.48. The van der Waals surface area contributed by atoms with Crippen LogP contribution < -0.4 is 0 Å². The topological polar surface area (TPSA) is 47.2 Å². The van der Waals surface area contributed by atoms with Crippen molar-refractivity contribution in [2.75, 3.05) is 6.61 Å². The first-order valence-corrected chi connectivity index (χ1v) is 13.1. The van der Waals surface area contributed by atoms with Crippen molar-refractivity contribution in [3.8, 4) is 6.07 Å². The molecule has 0 unspecified atom stereocenters. The van der Waals surface area contributed by atoms with Crippen LogP contribution in [0.15, 0.2) is 12.1 Å². The van der Waals surface area contributed by atoms with Crippen molar-refractivity contribution in [1.29, 1.82) is 5.26 Å². The van der Waals surface area contributed by atoms with E-state index in [1.54, 1.807) is 0 Å². The summed E-state index contributed by atoms with van der Waals surface area (Å²) in [5.74, 6) is 0.476. The smallest absolute Gasteiger partial charge is 0.123 e. The van der Waals surface area contributed by atoms with Gasteiger partial charge in [0.25, 0.3) is 0 Å². The molecule has 0 spiro atoms. The zero-order chi connectivity index (χ0) is 18.8.